The number of allylic oxidation sites excluding steroid dienone is 1. The molecule has 0 atom stereocenters. The molecule has 0 radical (unpaired) electrons. The topological polar surface area (TPSA) is 85.2 Å². The maximum atomic E-state index is 11.9. The Morgan fingerprint density at radius 3 is 2.73 bits per heavy atom. The van der Waals surface area contributed by atoms with Crippen LogP contribution in [0.3, 0.4) is 0 Å². The summed E-state index contributed by atoms with van der Waals surface area (Å²) in [6.45, 7) is 3.75. The first-order valence-corrected chi connectivity index (χ1v) is 7.72. The van der Waals surface area contributed by atoms with Gasteiger partial charge in [-0.1, -0.05) is 6.92 Å². The predicted octanol–water partition coefficient (Wildman–Crippen LogP) is 3.41. The number of rotatable bonds is 7. The van der Waals surface area contributed by atoms with Crippen molar-refractivity contribution < 1.29 is 24.2 Å². The molecule has 0 aliphatic rings. The third-order valence-corrected chi connectivity index (χ3v) is 3.52. The second-order valence-electron chi connectivity index (χ2n) is 4.22. The number of esters is 2. The van der Waals surface area contributed by atoms with Gasteiger partial charge < -0.3 is 14.6 Å². The minimum Gasteiger partial charge on any atom is -0.511 e. The molecular weight excluding hydrogens is 306 g/mol. The summed E-state index contributed by atoms with van der Waals surface area (Å²) in [5.41, 5.74) is 0.369. The number of methoxy groups -OCH3 is 1. The molecule has 1 aromatic rings. The zero-order chi connectivity index (χ0) is 16.5. The van der Waals surface area contributed by atoms with E-state index in [1.54, 1.807) is 18.4 Å². The van der Waals surface area contributed by atoms with E-state index in [-0.39, 0.29) is 17.9 Å². The molecule has 0 aliphatic carbocycles. The van der Waals surface area contributed by atoms with Crippen LogP contribution < -0.4 is 0 Å². The molecular formula is C15H19NO5S. The lowest BCUT2D eigenvalue weighted by Crippen LogP contribution is -2.11. The van der Waals surface area contributed by atoms with Gasteiger partial charge in [-0.05, 0) is 24.8 Å². The maximum absolute atomic E-state index is 11.9. The van der Waals surface area contributed by atoms with Crippen LogP contribution in [-0.4, -0.2) is 37.0 Å². The van der Waals surface area contributed by atoms with Gasteiger partial charge in [-0.3, -0.25) is 4.99 Å². The van der Waals surface area contributed by atoms with Crippen LogP contribution in [0.4, 0.5) is 5.69 Å². The Balaban J connectivity index is 3.09. The van der Waals surface area contributed by atoms with Gasteiger partial charge in [-0.15, -0.1) is 11.3 Å². The molecule has 7 heteroatoms. The van der Waals surface area contributed by atoms with Crippen LogP contribution >= 0.6 is 11.3 Å². The van der Waals surface area contributed by atoms with Gasteiger partial charge in [0.2, 0.25) is 0 Å². The lowest BCUT2D eigenvalue weighted by atomic mass is 10.1. The van der Waals surface area contributed by atoms with E-state index in [1.165, 1.54) is 24.7 Å². The zero-order valence-electron chi connectivity index (χ0n) is 12.8. The highest BCUT2D eigenvalue weighted by molar-refractivity contribution is 7.12. The number of thiophene rings is 1. The van der Waals surface area contributed by atoms with Crippen LogP contribution in [0.5, 0.6) is 0 Å². The molecule has 1 heterocycles. The molecule has 6 nitrogen and oxygen atoms in total. The fourth-order valence-corrected chi connectivity index (χ4v) is 2.36. The molecule has 0 amide bonds. The largest absolute Gasteiger partial charge is 0.511 e. The Morgan fingerprint density at radius 1 is 1.41 bits per heavy atom. The van der Waals surface area contributed by atoms with Gasteiger partial charge in [0, 0.05) is 12.6 Å². The number of aliphatic hydroxyl groups excluding tert-OH is 1. The first kappa shape index (κ1) is 17.9. The van der Waals surface area contributed by atoms with Crippen molar-refractivity contribution >= 4 is 35.2 Å². The van der Waals surface area contributed by atoms with E-state index in [1.807, 2.05) is 6.92 Å². The molecule has 0 unspecified atom stereocenters. The number of carbonyl (C=O) groups excluding carboxylic acids is 2. The maximum Gasteiger partial charge on any atom is 0.350 e. The van der Waals surface area contributed by atoms with Gasteiger partial charge in [0.1, 0.15) is 16.2 Å². The van der Waals surface area contributed by atoms with Crippen molar-refractivity contribution in [2.75, 3.05) is 13.7 Å². The van der Waals surface area contributed by atoms with Gasteiger partial charge in [0.25, 0.3) is 0 Å². The fraction of sp³-hybridized carbons (Fsp3) is 0.400. The van der Waals surface area contributed by atoms with Gasteiger partial charge >= 0.3 is 11.9 Å². The van der Waals surface area contributed by atoms with Crippen molar-refractivity contribution in [1.29, 1.82) is 0 Å². The third kappa shape index (κ3) is 4.70. The number of carbonyl (C=O) groups is 2. The van der Waals surface area contributed by atoms with E-state index in [9.17, 15) is 14.7 Å². The average molecular weight is 325 g/mol. The predicted molar refractivity (Wildman–Crippen MR) is 85.0 cm³/mol. The molecule has 0 saturated heterocycles. The van der Waals surface area contributed by atoms with E-state index in [4.69, 9.17) is 4.74 Å². The van der Waals surface area contributed by atoms with Crippen molar-refractivity contribution in [3.8, 4) is 0 Å². The van der Waals surface area contributed by atoms with Crippen LogP contribution in [-0.2, 0) is 14.3 Å². The molecule has 1 rings (SSSR count). The average Bonchev–Trinajstić information content (AvgIpc) is 2.95. The quantitative estimate of drug-likeness (QED) is 0.359. The Hall–Kier alpha value is -2.15. The summed E-state index contributed by atoms with van der Waals surface area (Å²) in [6, 6.07) is 1.63. The molecule has 1 N–H and O–H groups in total. The second-order valence-corrected chi connectivity index (χ2v) is 5.13. The Morgan fingerprint density at radius 2 is 2.14 bits per heavy atom. The van der Waals surface area contributed by atoms with Gasteiger partial charge in [-0.25, -0.2) is 9.59 Å². The van der Waals surface area contributed by atoms with E-state index in [0.717, 1.165) is 0 Å². The summed E-state index contributed by atoms with van der Waals surface area (Å²) in [4.78, 5) is 27.9. The molecule has 0 aromatic carbocycles. The third-order valence-electron chi connectivity index (χ3n) is 2.64. The van der Waals surface area contributed by atoms with Crippen molar-refractivity contribution in [2.45, 2.75) is 26.7 Å². The summed E-state index contributed by atoms with van der Waals surface area (Å²) in [7, 11) is 1.28. The van der Waals surface area contributed by atoms with Crippen molar-refractivity contribution in [3.63, 3.8) is 0 Å². The molecule has 0 spiro atoms. The first-order valence-electron chi connectivity index (χ1n) is 6.84. The highest BCUT2D eigenvalue weighted by atomic mass is 32.1. The van der Waals surface area contributed by atoms with Crippen LogP contribution in [0.15, 0.2) is 27.8 Å². The number of aliphatic hydroxyl groups is 1. The van der Waals surface area contributed by atoms with Crippen molar-refractivity contribution in [2.24, 2.45) is 4.99 Å². The van der Waals surface area contributed by atoms with Crippen LogP contribution in [0.1, 0.15) is 36.4 Å². The van der Waals surface area contributed by atoms with Crippen LogP contribution in [0.2, 0.25) is 0 Å². The molecule has 0 aliphatic heterocycles. The summed E-state index contributed by atoms with van der Waals surface area (Å²) in [6.07, 6.45) is 2.24. The summed E-state index contributed by atoms with van der Waals surface area (Å²) in [5.74, 6) is -1.23. The molecule has 1 aromatic heterocycles. The number of ether oxygens (including phenoxy) is 2. The minimum absolute atomic E-state index is 0.00860. The van der Waals surface area contributed by atoms with Gasteiger partial charge in [-0.2, -0.15) is 0 Å². The SMILES string of the molecule is CCC/C(O)=C(/C=Nc1ccsc1C(=O)OC)C(=O)OCC. The number of hydrogen-bond donors (Lipinski definition) is 1. The van der Waals surface area contributed by atoms with E-state index in [2.05, 4.69) is 9.73 Å². The number of hydrogen-bond acceptors (Lipinski definition) is 7. The van der Waals surface area contributed by atoms with Gasteiger partial charge in [0.05, 0.1) is 19.4 Å². The Labute approximate surface area is 133 Å². The van der Waals surface area contributed by atoms with Crippen LogP contribution in [0, 0.1) is 0 Å². The first-order chi connectivity index (χ1) is 10.5. The second kappa shape index (κ2) is 8.99. The molecule has 0 fully saturated rings. The zero-order valence-corrected chi connectivity index (χ0v) is 13.6. The highest BCUT2D eigenvalue weighted by Crippen LogP contribution is 2.26. The molecule has 0 saturated carbocycles. The van der Waals surface area contributed by atoms with Gasteiger partial charge in [0.15, 0.2) is 0 Å². The number of nitrogens with zero attached hydrogens (tertiary/aromatic N) is 1. The monoisotopic (exact) mass is 325 g/mol. The summed E-state index contributed by atoms with van der Waals surface area (Å²) in [5, 5.41) is 11.7. The minimum atomic E-state index is -0.646. The summed E-state index contributed by atoms with van der Waals surface area (Å²) < 4.78 is 9.56. The van der Waals surface area contributed by atoms with Crippen molar-refractivity contribution in [3.05, 3.63) is 27.7 Å². The van der Waals surface area contributed by atoms with Crippen LogP contribution in [0.25, 0.3) is 0 Å². The van der Waals surface area contributed by atoms with E-state index in [0.29, 0.717) is 23.4 Å². The Kier molecular flexibility index (Phi) is 7.31. The van der Waals surface area contributed by atoms with Crippen molar-refractivity contribution in [1.82, 2.24) is 0 Å². The molecule has 120 valence electrons. The summed E-state index contributed by atoms with van der Waals surface area (Å²) >= 11 is 1.19. The smallest absolute Gasteiger partial charge is 0.350 e. The Bertz CT molecular complexity index is 589. The number of aliphatic imine (C=N–C) groups is 1. The fourth-order valence-electron chi connectivity index (χ4n) is 1.61. The normalized spacial score (nSPS) is 12.1. The lowest BCUT2D eigenvalue weighted by Gasteiger charge is -2.05. The molecule has 0 bridgehead atoms. The highest BCUT2D eigenvalue weighted by Gasteiger charge is 2.16. The standard InChI is InChI=1S/C15H19NO5S/c1-4-6-12(17)10(14(18)21-5-2)9-16-11-7-8-22-13(11)15(19)20-3/h7-9,17H,4-6H2,1-3H3/b12-10+,16-9?. The van der Waals surface area contributed by atoms with E-state index >= 15 is 0 Å². The molecule has 22 heavy (non-hydrogen) atoms. The van der Waals surface area contributed by atoms with E-state index < -0.39 is 11.9 Å². The lowest BCUT2D eigenvalue weighted by molar-refractivity contribution is -0.138.